The van der Waals surface area contributed by atoms with Crippen LogP contribution in [-0.4, -0.2) is 51.1 Å². The molecule has 0 unspecified atom stereocenters. The normalized spacial score (nSPS) is 17.2. The summed E-state index contributed by atoms with van der Waals surface area (Å²) in [6.45, 7) is 6.16. The number of carbonyl (C=O) groups excluding carboxylic acids is 2. The van der Waals surface area contributed by atoms with E-state index in [1.54, 1.807) is 6.20 Å². The first kappa shape index (κ1) is 17.4. The van der Waals surface area contributed by atoms with Gasteiger partial charge in [0.1, 0.15) is 0 Å². The Morgan fingerprint density at radius 1 is 1.40 bits per heavy atom. The second-order valence-corrected chi connectivity index (χ2v) is 6.54. The lowest BCUT2D eigenvalue weighted by Gasteiger charge is -2.15. The van der Waals surface area contributed by atoms with Crippen LogP contribution in [0.2, 0.25) is 0 Å². The summed E-state index contributed by atoms with van der Waals surface area (Å²) >= 11 is 0. The third kappa shape index (κ3) is 3.81. The summed E-state index contributed by atoms with van der Waals surface area (Å²) in [5.41, 5.74) is 1.85. The van der Waals surface area contributed by atoms with Crippen LogP contribution in [0, 0.1) is 0 Å². The standard InChI is InChI=1S/C18H25N5O2/c1-3-5-16(25)22-10-7-14(12-22)17-15-6-4-8-20-18(15)23(21-17)11-9-19-13(2)24/h4,6,8,14H,3,5,7,9-12H2,1-2H3,(H,19,24)/t14-/m0/s1. The van der Waals surface area contributed by atoms with E-state index in [1.807, 2.05) is 28.6 Å². The van der Waals surface area contributed by atoms with Crippen molar-refractivity contribution in [3.8, 4) is 0 Å². The van der Waals surface area contributed by atoms with E-state index in [0.717, 1.165) is 42.7 Å². The number of pyridine rings is 1. The monoisotopic (exact) mass is 343 g/mol. The molecule has 2 aromatic heterocycles. The number of hydrogen-bond acceptors (Lipinski definition) is 4. The Balaban J connectivity index is 1.80. The van der Waals surface area contributed by atoms with Gasteiger partial charge in [-0.05, 0) is 25.0 Å². The van der Waals surface area contributed by atoms with E-state index in [-0.39, 0.29) is 17.7 Å². The number of aromatic nitrogens is 3. The van der Waals surface area contributed by atoms with Crippen LogP contribution in [0.3, 0.4) is 0 Å². The fourth-order valence-electron chi connectivity index (χ4n) is 3.41. The Labute approximate surface area is 147 Å². The highest BCUT2D eigenvalue weighted by atomic mass is 16.2. The minimum Gasteiger partial charge on any atom is -0.354 e. The summed E-state index contributed by atoms with van der Waals surface area (Å²) < 4.78 is 1.86. The maximum Gasteiger partial charge on any atom is 0.222 e. The van der Waals surface area contributed by atoms with E-state index < -0.39 is 0 Å². The lowest BCUT2D eigenvalue weighted by molar-refractivity contribution is -0.130. The molecular weight excluding hydrogens is 318 g/mol. The molecule has 3 heterocycles. The van der Waals surface area contributed by atoms with Crippen LogP contribution >= 0.6 is 0 Å². The lowest BCUT2D eigenvalue weighted by atomic mass is 10.0. The largest absolute Gasteiger partial charge is 0.354 e. The summed E-state index contributed by atoms with van der Waals surface area (Å²) in [7, 11) is 0. The van der Waals surface area contributed by atoms with Gasteiger partial charge in [0.2, 0.25) is 11.8 Å². The second-order valence-electron chi connectivity index (χ2n) is 6.54. The van der Waals surface area contributed by atoms with Gasteiger partial charge in [-0.2, -0.15) is 5.10 Å². The van der Waals surface area contributed by atoms with E-state index in [1.165, 1.54) is 6.92 Å². The first-order valence-electron chi connectivity index (χ1n) is 8.93. The Morgan fingerprint density at radius 3 is 3.00 bits per heavy atom. The summed E-state index contributed by atoms with van der Waals surface area (Å²) in [4.78, 5) is 29.6. The molecule has 25 heavy (non-hydrogen) atoms. The van der Waals surface area contributed by atoms with Crippen molar-refractivity contribution in [3.63, 3.8) is 0 Å². The second kappa shape index (κ2) is 7.63. The molecule has 3 rings (SSSR count). The van der Waals surface area contributed by atoms with Crippen LogP contribution in [0.15, 0.2) is 18.3 Å². The van der Waals surface area contributed by atoms with Crippen molar-refractivity contribution >= 4 is 22.8 Å². The van der Waals surface area contributed by atoms with Crippen LogP contribution in [0.5, 0.6) is 0 Å². The number of nitrogens with zero attached hydrogens (tertiary/aromatic N) is 4. The summed E-state index contributed by atoms with van der Waals surface area (Å²) in [6.07, 6.45) is 4.18. The Hall–Kier alpha value is -2.44. The molecule has 0 bridgehead atoms. The summed E-state index contributed by atoms with van der Waals surface area (Å²) in [6, 6.07) is 3.96. The molecule has 2 amide bonds. The first-order chi connectivity index (χ1) is 12.1. The predicted octanol–water partition coefficient (Wildman–Crippen LogP) is 1.68. The van der Waals surface area contributed by atoms with Crippen LogP contribution in [0.4, 0.5) is 0 Å². The van der Waals surface area contributed by atoms with Gasteiger partial charge >= 0.3 is 0 Å². The average molecular weight is 343 g/mol. The molecule has 0 aromatic carbocycles. The van der Waals surface area contributed by atoms with Crippen molar-refractivity contribution in [2.75, 3.05) is 19.6 Å². The molecule has 1 atom stereocenters. The molecule has 134 valence electrons. The van der Waals surface area contributed by atoms with Gasteiger partial charge in [0.25, 0.3) is 0 Å². The number of rotatable bonds is 6. The maximum atomic E-state index is 12.1. The fourth-order valence-corrected chi connectivity index (χ4v) is 3.41. The molecule has 0 radical (unpaired) electrons. The number of carbonyl (C=O) groups is 2. The highest BCUT2D eigenvalue weighted by Crippen LogP contribution is 2.31. The topological polar surface area (TPSA) is 80.1 Å². The van der Waals surface area contributed by atoms with Gasteiger partial charge in [-0.3, -0.25) is 9.59 Å². The van der Waals surface area contributed by atoms with Crippen molar-refractivity contribution in [2.45, 2.75) is 45.6 Å². The summed E-state index contributed by atoms with van der Waals surface area (Å²) in [5.74, 6) is 0.428. The van der Waals surface area contributed by atoms with Crippen molar-refractivity contribution < 1.29 is 9.59 Å². The molecule has 1 aliphatic heterocycles. The lowest BCUT2D eigenvalue weighted by Crippen LogP contribution is -2.28. The molecule has 1 aliphatic rings. The van der Waals surface area contributed by atoms with Crippen LogP contribution < -0.4 is 5.32 Å². The molecule has 1 fully saturated rings. The molecule has 0 spiro atoms. The Bertz CT molecular complexity index is 770. The molecule has 7 heteroatoms. The van der Waals surface area contributed by atoms with Crippen LogP contribution in [-0.2, 0) is 16.1 Å². The number of hydrogen-bond donors (Lipinski definition) is 1. The molecule has 7 nitrogen and oxygen atoms in total. The molecule has 1 saturated heterocycles. The number of fused-ring (bicyclic) bond motifs is 1. The fraction of sp³-hybridized carbons (Fsp3) is 0.556. The predicted molar refractivity (Wildman–Crippen MR) is 95.1 cm³/mol. The van der Waals surface area contributed by atoms with Crippen molar-refractivity contribution in [1.82, 2.24) is 25.0 Å². The van der Waals surface area contributed by atoms with Gasteiger partial charge in [-0.15, -0.1) is 0 Å². The van der Waals surface area contributed by atoms with E-state index in [4.69, 9.17) is 5.10 Å². The highest BCUT2D eigenvalue weighted by Gasteiger charge is 2.30. The third-order valence-electron chi connectivity index (χ3n) is 4.62. The average Bonchev–Trinajstić information content (AvgIpc) is 3.20. The quantitative estimate of drug-likeness (QED) is 0.865. The van der Waals surface area contributed by atoms with Gasteiger partial charge < -0.3 is 10.2 Å². The zero-order chi connectivity index (χ0) is 17.8. The van der Waals surface area contributed by atoms with Crippen molar-refractivity contribution in [1.29, 1.82) is 0 Å². The molecule has 0 aliphatic carbocycles. The zero-order valence-electron chi connectivity index (χ0n) is 14.9. The number of amides is 2. The van der Waals surface area contributed by atoms with Gasteiger partial charge in [-0.25, -0.2) is 9.67 Å². The van der Waals surface area contributed by atoms with Gasteiger partial charge in [0, 0.05) is 50.5 Å². The number of nitrogens with one attached hydrogen (secondary N) is 1. The van der Waals surface area contributed by atoms with E-state index in [0.29, 0.717) is 19.5 Å². The van der Waals surface area contributed by atoms with Crippen LogP contribution in [0.1, 0.15) is 44.7 Å². The Morgan fingerprint density at radius 2 is 2.24 bits per heavy atom. The SMILES string of the molecule is CCCC(=O)N1CC[C@H](c2nn(CCNC(C)=O)c3ncccc23)C1. The number of likely N-dealkylation sites (tertiary alicyclic amines) is 1. The van der Waals surface area contributed by atoms with E-state index in [9.17, 15) is 9.59 Å². The first-order valence-corrected chi connectivity index (χ1v) is 8.93. The molecule has 1 N–H and O–H groups in total. The molecule has 2 aromatic rings. The van der Waals surface area contributed by atoms with Crippen LogP contribution in [0.25, 0.3) is 11.0 Å². The molecular formula is C18H25N5O2. The van der Waals surface area contributed by atoms with E-state index >= 15 is 0 Å². The van der Waals surface area contributed by atoms with Gasteiger partial charge in [0.15, 0.2) is 5.65 Å². The minimum atomic E-state index is -0.0504. The smallest absolute Gasteiger partial charge is 0.222 e. The van der Waals surface area contributed by atoms with Crippen molar-refractivity contribution in [2.24, 2.45) is 0 Å². The maximum absolute atomic E-state index is 12.1. The highest BCUT2D eigenvalue weighted by molar-refractivity contribution is 5.80. The Kier molecular flexibility index (Phi) is 5.31. The van der Waals surface area contributed by atoms with E-state index in [2.05, 4.69) is 10.3 Å². The third-order valence-corrected chi connectivity index (χ3v) is 4.62. The molecule has 0 saturated carbocycles. The summed E-state index contributed by atoms with van der Waals surface area (Å²) in [5, 5.41) is 8.61. The minimum absolute atomic E-state index is 0.0504. The van der Waals surface area contributed by atoms with Gasteiger partial charge in [-0.1, -0.05) is 6.92 Å². The van der Waals surface area contributed by atoms with Crippen molar-refractivity contribution in [3.05, 3.63) is 24.0 Å². The van der Waals surface area contributed by atoms with Gasteiger partial charge in [0.05, 0.1) is 12.2 Å². The zero-order valence-corrected chi connectivity index (χ0v) is 14.9.